The molecule has 166 valence electrons. The molecule has 0 spiro atoms. The van der Waals surface area contributed by atoms with E-state index >= 15 is 0 Å². The molecule has 0 aliphatic carbocycles. The standard InChI is InChI=1S/C23H21Cl3N4O2/c1-14-5-17(24)9-20(6-14)29-22(31)27-12-15-3-2-4-16(7-15)13-28-23(32)30-21-10-18(25)8-19(26)11-21/h2-11H,12-13H2,1H3,(H2,27,29,31)(H2,28,30,32). The van der Waals surface area contributed by atoms with Gasteiger partial charge in [0.15, 0.2) is 0 Å². The molecule has 9 heteroatoms. The van der Waals surface area contributed by atoms with Crippen LogP contribution in [-0.2, 0) is 13.1 Å². The van der Waals surface area contributed by atoms with Crippen LogP contribution in [0.3, 0.4) is 0 Å². The van der Waals surface area contributed by atoms with Gasteiger partial charge in [-0.1, -0.05) is 59.1 Å². The van der Waals surface area contributed by atoms with Crippen LogP contribution in [0.15, 0.2) is 60.7 Å². The van der Waals surface area contributed by atoms with Gasteiger partial charge in [-0.05, 0) is 60.0 Å². The molecule has 0 saturated carbocycles. The zero-order valence-corrected chi connectivity index (χ0v) is 19.4. The molecule has 3 aromatic rings. The van der Waals surface area contributed by atoms with Gasteiger partial charge in [-0.15, -0.1) is 0 Å². The maximum absolute atomic E-state index is 12.2. The Morgan fingerprint density at radius 2 is 1.16 bits per heavy atom. The van der Waals surface area contributed by atoms with Crippen molar-refractivity contribution < 1.29 is 9.59 Å². The minimum atomic E-state index is -0.386. The molecule has 4 N–H and O–H groups in total. The largest absolute Gasteiger partial charge is 0.334 e. The minimum absolute atomic E-state index is 0.307. The fourth-order valence-electron chi connectivity index (χ4n) is 3.00. The van der Waals surface area contributed by atoms with Crippen LogP contribution >= 0.6 is 34.8 Å². The summed E-state index contributed by atoms with van der Waals surface area (Å²) < 4.78 is 0. The predicted molar refractivity (Wildman–Crippen MR) is 131 cm³/mol. The van der Waals surface area contributed by atoms with Gasteiger partial charge < -0.3 is 21.3 Å². The van der Waals surface area contributed by atoms with Crippen LogP contribution in [0.4, 0.5) is 21.0 Å². The summed E-state index contributed by atoms with van der Waals surface area (Å²) in [5, 5.41) is 12.4. The molecule has 0 heterocycles. The van der Waals surface area contributed by atoms with E-state index < -0.39 is 0 Å². The molecule has 0 saturated heterocycles. The predicted octanol–water partition coefficient (Wildman–Crippen LogP) is 6.60. The highest BCUT2D eigenvalue weighted by atomic mass is 35.5. The monoisotopic (exact) mass is 490 g/mol. The van der Waals surface area contributed by atoms with Gasteiger partial charge in [0, 0.05) is 39.5 Å². The summed E-state index contributed by atoms with van der Waals surface area (Å²) in [6, 6.07) is 16.9. The molecular weight excluding hydrogens is 471 g/mol. The SMILES string of the molecule is Cc1cc(Cl)cc(NC(=O)NCc2cccc(CNC(=O)Nc3cc(Cl)cc(Cl)c3)c2)c1. The number of aryl methyl sites for hydroxylation is 1. The van der Waals surface area contributed by atoms with E-state index in [4.69, 9.17) is 34.8 Å². The maximum atomic E-state index is 12.2. The zero-order valence-electron chi connectivity index (χ0n) is 17.1. The molecule has 0 fully saturated rings. The summed E-state index contributed by atoms with van der Waals surface area (Å²) in [7, 11) is 0. The van der Waals surface area contributed by atoms with Crippen molar-refractivity contribution in [3.63, 3.8) is 0 Å². The highest BCUT2D eigenvalue weighted by molar-refractivity contribution is 6.35. The summed E-state index contributed by atoms with van der Waals surface area (Å²) in [6.45, 7) is 2.54. The van der Waals surface area contributed by atoms with Crippen molar-refractivity contribution in [1.29, 1.82) is 0 Å². The van der Waals surface area contributed by atoms with Crippen molar-refractivity contribution in [3.05, 3.63) is 92.4 Å². The van der Waals surface area contributed by atoms with Crippen molar-refractivity contribution in [3.8, 4) is 0 Å². The van der Waals surface area contributed by atoms with Crippen molar-refractivity contribution >= 4 is 58.2 Å². The average Bonchev–Trinajstić information content (AvgIpc) is 2.69. The first-order chi connectivity index (χ1) is 15.3. The second kappa shape index (κ2) is 11.1. The Bertz CT molecular complexity index is 1010. The lowest BCUT2D eigenvalue weighted by molar-refractivity contribution is 0.251. The molecule has 4 amide bonds. The number of urea groups is 2. The molecule has 0 bridgehead atoms. The summed E-state index contributed by atoms with van der Waals surface area (Å²) in [4.78, 5) is 24.3. The van der Waals surface area contributed by atoms with Gasteiger partial charge in [0.25, 0.3) is 0 Å². The number of hydrogen-bond acceptors (Lipinski definition) is 2. The maximum Gasteiger partial charge on any atom is 0.319 e. The van der Waals surface area contributed by atoms with Gasteiger partial charge in [-0.3, -0.25) is 0 Å². The Labute approximate surface area is 201 Å². The fourth-order valence-corrected chi connectivity index (χ4v) is 3.82. The second-order valence-electron chi connectivity index (χ2n) is 7.11. The Morgan fingerprint density at radius 3 is 1.66 bits per heavy atom. The van der Waals surface area contributed by atoms with E-state index in [0.717, 1.165) is 16.7 Å². The first-order valence-electron chi connectivity index (χ1n) is 9.67. The van der Waals surface area contributed by atoms with Crippen molar-refractivity contribution in [2.24, 2.45) is 0 Å². The van der Waals surface area contributed by atoms with Crippen LogP contribution in [0.2, 0.25) is 15.1 Å². The Kier molecular flexibility index (Phi) is 8.22. The molecule has 32 heavy (non-hydrogen) atoms. The number of carbonyl (C=O) groups is 2. The summed E-state index contributed by atoms with van der Waals surface area (Å²) in [5.41, 5.74) is 3.85. The Balaban J connectivity index is 1.49. The molecule has 0 aliphatic heterocycles. The Hall–Kier alpha value is -2.93. The number of rotatable bonds is 6. The van der Waals surface area contributed by atoms with Gasteiger partial charge >= 0.3 is 12.1 Å². The molecule has 0 aliphatic rings. The smallest absolute Gasteiger partial charge is 0.319 e. The average molecular weight is 492 g/mol. The molecule has 3 rings (SSSR count). The quantitative estimate of drug-likeness (QED) is 0.313. The first-order valence-corrected chi connectivity index (χ1v) is 10.8. The topological polar surface area (TPSA) is 82.3 Å². The number of anilines is 2. The molecular formula is C23H21Cl3N4O2. The van der Waals surface area contributed by atoms with E-state index in [1.165, 1.54) is 0 Å². The summed E-state index contributed by atoms with van der Waals surface area (Å²) in [5.74, 6) is 0. The van der Waals surface area contributed by atoms with Crippen LogP contribution in [0.25, 0.3) is 0 Å². The van der Waals surface area contributed by atoms with E-state index in [2.05, 4.69) is 21.3 Å². The Morgan fingerprint density at radius 1 is 0.688 bits per heavy atom. The van der Waals surface area contributed by atoms with E-state index in [0.29, 0.717) is 39.5 Å². The van der Waals surface area contributed by atoms with Gasteiger partial charge in [0.1, 0.15) is 0 Å². The highest BCUT2D eigenvalue weighted by Crippen LogP contribution is 2.22. The van der Waals surface area contributed by atoms with Crippen molar-refractivity contribution in [1.82, 2.24) is 10.6 Å². The van der Waals surface area contributed by atoms with E-state index in [-0.39, 0.29) is 12.1 Å². The van der Waals surface area contributed by atoms with Crippen LogP contribution in [-0.4, -0.2) is 12.1 Å². The van der Waals surface area contributed by atoms with Gasteiger partial charge in [0.05, 0.1) is 0 Å². The molecule has 0 atom stereocenters. The van der Waals surface area contributed by atoms with Crippen molar-refractivity contribution in [2.45, 2.75) is 20.0 Å². The van der Waals surface area contributed by atoms with E-state index in [1.807, 2.05) is 43.3 Å². The molecule has 0 unspecified atom stereocenters. The summed E-state index contributed by atoms with van der Waals surface area (Å²) in [6.07, 6.45) is 0. The summed E-state index contributed by atoms with van der Waals surface area (Å²) >= 11 is 17.9. The molecule has 0 aromatic heterocycles. The van der Waals surface area contributed by atoms with E-state index in [9.17, 15) is 9.59 Å². The second-order valence-corrected chi connectivity index (χ2v) is 8.42. The fraction of sp³-hybridized carbons (Fsp3) is 0.130. The molecule has 0 radical (unpaired) electrons. The lowest BCUT2D eigenvalue weighted by Gasteiger charge is -2.11. The van der Waals surface area contributed by atoms with Crippen molar-refractivity contribution in [2.75, 3.05) is 10.6 Å². The number of amides is 4. The highest BCUT2D eigenvalue weighted by Gasteiger charge is 2.06. The lowest BCUT2D eigenvalue weighted by atomic mass is 10.1. The van der Waals surface area contributed by atoms with Crippen LogP contribution in [0.1, 0.15) is 16.7 Å². The third-order valence-corrected chi connectivity index (χ3v) is 4.97. The number of nitrogens with one attached hydrogen (secondary N) is 4. The van der Waals surface area contributed by atoms with Gasteiger partial charge in [0.2, 0.25) is 0 Å². The molecule has 6 nitrogen and oxygen atoms in total. The normalized spacial score (nSPS) is 10.4. The van der Waals surface area contributed by atoms with Gasteiger partial charge in [-0.2, -0.15) is 0 Å². The number of hydrogen-bond donors (Lipinski definition) is 4. The van der Waals surface area contributed by atoms with Gasteiger partial charge in [-0.25, -0.2) is 9.59 Å². The number of carbonyl (C=O) groups excluding carboxylic acids is 2. The van der Waals surface area contributed by atoms with Crippen LogP contribution in [0.5, 0.6) is 0 Å². The third-order valence-electron chi connectivity index (χ3n) is 4.32. The lowest BCUT2D eigenvalue weighted by Crippen LogP contribution is -2.29. The van der Waals surface area contributed by atoms with E-state index in [1.54, 1.807) is 24.3 Å². The first kappa shape index (κ1) is 23.7. The zero-order chi connectivity index (χ0) is 23.1. The minimum Gasteiger partial charge on any atom is -0.334 e. The number of benzene rings is 3. The van der Waals surface area contributed by atoms with Crippen LogP contribution < -0.4 is 21.3 Å². The third kappa shape index (κ3) is 7.64. The van der Waals surface area contributed by atoms with Crippen LogP contribution in [0, 0.1) is 6.92 Å². The number of halogens is 3. The molecule has 3 aromatic carbocycles.